The van der Waals surface area contributed by atoms with Crippen LogP contribution in [0.3, 0.4) is 0 Å². The minimum Gasteiger partial charge on any atom is -0.478 e. The van der Waals surface area contributed by atoms with Crippen LogP contribution in [0.25, 0.3) is 6.08 Å². The fourth-order valence-electron chi connectivity index (χ4n) is 1.88. The number of alkyl halides is 3. The number of aromatic nitrogens is 1. The number of aliphatic carboxylic acids is 1. The third kappa shape index (κ3) is 5.87. The summed E-state index contributed by atoms with van der Waals surface area (Å²) in [5, 5.41) is 8.41. The summed E-state index contributed by atoms with van der Waals surface area (Å²) in [6.07, 6.45) is -1.90. The lowest BCUT2D eigenvalue weighted by Crippen LogP contribution is -2.06. The predicted molar refractivity (Wildman–Crippen MR) is 89.9 cm³/mol. The van der Waals surface area contributed by atoms with Crippen molar-refractivity contribution in [3.63, 3.8) is 0 Å². The molecule has 1 N–H and O–H groups in total. The third-order valence-corrected chi connectivity index (χ3v) is 3.35. The molecule has 0 atom stereocenters. The van der Waals surface area contributed by atoms with E-state index in [1.165, 1.54) is 31.4 Å². The highest BCUT2D eigenvalue weighted by Gasteiger charge is 2.31. The molecule has 0 spiro atoms. The van der Waals surface area contributed by atoms with Gasteiger partial charge in [-0.2, -0.15) is 13.2 Å². The van der Waals surface area contributed by atoms with E-state index in [4.69, 9.17) is 30.9 Å². The van der Waals surface area contributed by atoms with Crippen molar-refractivity contribution in [1.82, 2.24) is 4.98 Å². The number of carbonyl (C=O) groups is 1. The number of ether oxygens (including phenoxy) is 3. The molecule has 0 saturated carbocycles. The second-order valence-electron chi connectivity index (χ2n) is 5.03. The van der Waals surface area contributed by atoms with Crippen LogP contribution in [0.1, 0.15) is 11.1 Å². The largest absolute Gasteiger partial charge is 0.478 e. The molecule has 144 valence electrons. The maximum Gasteiger partial charge on any atom is 0.417 e. The van der Waals surface area contributed by atoms with Crippen LogP contribution in [0.2, 0.25) is 5.02 Å². The maximum atomic E-state index is 12.7. The highest BCUT2D eigenvalue weighted by atomic mass is 35.5. The Morgan fingerprint density at radius 1 is 1.33 bits per heavy atom. The van der Waals surface area contributed by atoms with Gasteiger partial charge in [-0.05, 0) is 24.3 Å². The van der Waals surface area contributed by atoms with Crippen LogP contribution >= 0.6 is 11.6 Å². The van der Waals surface area contributed by atoms with E-state index < -0.39 is 17.7 Å². The molecule has 0 saturated heterocycles. The van der Waals surface area contributed by atoms with Gasteiger partial charge in [-0.25, -0.2) is 9.78 Å². The van der Waals surface area contributed by atoms with Crippen LogP contribution in [0.15, 0.2) is 36.5 Å². The molecule has 0 aliphatic rings. The van der Waals surface area contributed by atoms with E-state index in [-0.39, 0.29) is 23.4 Å². The minimum absolute atomic E-state index is 0.0525. The van der Waals surface area contributed by atoms with Crippen molar-refractivity contribution in [2.24, 2.45) is 0 Å². The Morgan fingerprint density at radius 3 is 2.67 bits per heavy atom. The maximum absolute atomic E-state index is 12.7. The Bertz CT molecular complexity index is 855. The Hall–Kier alpha value is -2.78. The van der Waals surface area contributed by atoms with Crippen molar-refractivity contribution in [2.75, 3.05) is 13.9 Å². The molecule has 2 rings (SSSR count). The molecule has 0 bridgehead atoms. The first-order valence-corrected chi connectivity index (χ1v) is 7.66. The number of hydrogen-bond donors (Lipinski definition) is 1. The highest BCUT2D eigenvalue weighted by molar-refractivity contribution is 6.31. The van der Waals surface area contributed by atoms with Crippen LogP contribution in [0.5, 0.6) is 17.4 Å². The van der Waals surface area contributed by atoms with Gasteiger partial charge < -0.3 is 19.3 Å². The van der Waals surface area contributed by atoms with Crippen LogP contribution in [-0.2, 0) is 15.7 Å². The second-order valence-corrected chi connectivity index (χ2v) is 5.44. The summed E-state index contributed by atoms with van der Waals surface area (Å²) in [6, 6.07) is 5.12. The number of benzene rings is 1. The lowest BCUT2D eigenvalue weighted by molar-refractivity contribution is -0.138. The molecule has 1 aromatic heterocycles. The number of hydrogen-bond acceptors (Lipinski definition) is 5. The Balaban J connectivity index is 2.38. The summed E-state index contributed by atoms with van der Waals surface area (Å²) < 4.78 is 53.6. The lowest BCUT2D eigenvalue weighted by atomic mass is 10.1. The van der Waals surface area contributed by atoms with Gasteiger partial charge in [0.1, 0.15) is 16.5 Å². The smallest absolute Gasteiger partial charge is 0.417 e. The average Bonchev–Trinajstić information content (AvgIpc) is 2.59. The zero-order valence-corrected chi connectivity index (χ0v) is 14.5. The zero-order chi connectivity index (χ0) is 20.0. The van der Waals surface area contributed by atoms with E-state index in [0.717, 1.165) is 6.08 Å². The predicted octanol–water partition coefficient (Wildman–Crippen LogP) is 4.63. The van der Waals surface area contributed by atoms with Gasteiger partial charge in [0.25, 0.3) is 0 Å². The van der Waals surface area contributed by atoms with Crippen molar-refractivity contribution in [1.29, 1.82) is 0 Å². The molecular weight excluding hydrogens is 391 g/mol. The van der Waals surface area contributed by atoms with Gasteiger partial charge in [-0.3, -0.25) is 0 Å². The molecule has 0 aliphatic heterocycles. The van der Waals surface area contributed by atoms with Crippen molar-refractivity contribution >= 4 is 23.6 Å². The second kappa shape index (κ2) is 8.74. The minimum atomic E-state index is -4.60. The Kier molecular flexibility index (Phi) is 6.65. The van der Waals surface area contributed by atoms with Crippen molar-refractivity contribution in [3.05, 3.63) is 52.7 Å². The first-order chi connectivity index (χ1) is 12.7. The fraction of sp³-hybridized carbons (Fsp3) is 0.176. The molecule has 10 heteroatoms. The van der Waals surface area contributed by atoms with Crippen LogP contribution < -0.4 is 9.47 Å². The molecule has 1 aromatic carbocycles. The summed E-state index contributed by atoms with van der Waals surface area (Å²) in [4.78, 5) is 14.3. The van der Waals surface area contributed by atoms with E-state index in [0.29, 0.717) is 23.6 Å². The van der Waals surface area contributed by atoms with Crippen molar-refractivity contribution in [3.8, 4) is 17.4 Å². The van der Waals surface area contributed by atoms with E-state index in [2.05, 4.69) is 4.98 Å². The van der Waals surface area contributed by atoms with E-state index in [1.54, 1.807) is 0 Å². The molecule has 0 aliphatic carbocycles. The molecular formula is C17H13ClF3NO5. The Morgan fingerprint density at radius 2 is 2.07 bits per heavy atom. The number of nitrogens with zero attached hydrogens (tertiary/aromatic N) is 1. The van der Waals surface area contributed by atoms with Gasteiger partial charge in [0.15, 0.2) is 6.79 Å². The summed E-state index contributed by atoms with van der Waals surface area (Å²) >= 11 is 5.84. The van der Waals surface area contributed by atoms with Gasteiger partial charge in [-0.15, -0.1) is 0 Å². The molecule has 0 unspecified atom stereocenters. The van der Waals surface area contributed by atoms with Gasteiger partial charge in [0.05, 0.1) is 5.56 Å². The molecule has 6 nitrogen and oxygen atoms in total. The van der Waals surface area contributed by atoms with Crippen LogP contribution in [-0.4, -0.2) is 30.0 Å². The molecule has 0 radical (unpaired) electrons. The molecule has 27 heavy (non-hydrogen) atoms. The van der Waals surface area contributed by atoms with E-state index in [9.17, 15) is 18.0 Å². The number of pyridine rings is 1. The summed E-state index contributed by atoms with van der Waals surface area (Å²) in [7, 11) is 1.42. The number of carboxylic acids is 1. The molecule has 1 heterocycles. The zero-order valence-electron chi connectivity index (χ0n) is 13.8. The monoisotopic (exact) mass is 403 g/mol. The SMILES string of the molecule is COCOc1ccc(/C=C/C(=O)O)c(Oc2ncc(C(F)(F)F)cc2Cl)c1. The first-order valence-electron chi connectivity index (χ1n) is 7.28. The van der Waals surface area contributed by atoms with Gasteiger partial charge in [0.2, 0.25) is 5.88 Å². The number of halogens is 4. The van der Waals surface area contributed by atoms with Crippen molar-refractivity contribution in [2.45, 2.75) is 6.18 Å². The number of carboxylic acid groups (broad SMARTS) is 1. The number of rotatable bonds is 7. The topological polar surface area (TPSA) is 77.9 Å². The van der Waals surface area contributed by atoms with Gasteiger partial charge in [-0.1, -0.05) is 11.6 Å². The standard InChI is InChI=1S/C17H13ClF3NO5/c1-25-9-26-12-4-2-10(3-5-15(23)24)14(7-12)27-16-13(18)6-11(8-22-16)17(19,20)21/h2-8H,9H2,1H3,(H,23,24)/b5-3+. The Labute approximate surface area is 156 Å². The molecule has 0 fully saturated rings. The third-order valence-electron chi connectivity index (χ3n) is 3.08. The first kappa shape index (κ1) is 20.5. The van der Waals surface area contributed by atoms with Gasteiger partial charge >= 0.3 is 12.1 Å². The quantitative estimate of drug-likeness (QED) is 0.536. The fourth-order valence-corrected chi connectivity index (χ4v) is 2.08. The van der Waals surface area contributed by atoms with E-state index in [1.807, 2.05) is 0 Å². The summed E-state index contributed by atoms with van der Waals surface area (Å²) in [6.45, 7) is -0.0525. The lowest BCUT2D eigenvalue weighted by Gasteiger charge is -2.13. The summed E-state index contributed by atoms with van der Waals surface area (Å²) in [5.41, 5.74) is -0.706. The van der Waals surface area contributed by atoms with Crippen molar-refractivity contribution < 1.29 is 37.3 Å². The van der Waals surface area contributed by atoms with E-state index >= 15 is 0 Å². The highest BCUT2D eigenvalue weighted by Crippen LogP contribution is 2.36. The van der Waals surface area contributed by atoms with Crippen LogP contribution in [0, 0.1) is 0 Å². The molecule has 0 amide bonds. The number of methoxy groups -OCH3 is 1. The molecule has 2 aromatic rings. The van der Waals surface area contributed by atoms with Gasteiger partial charge in [0, 0.05) is 31.0 Å². The average molecular weight is 404 g/mol. The summed E-state index contributed by atoms with van der Waals surface area (Å²) in [5.74, 6) is -1.07. The van der Waals surface area contributed by atoms with Crippen LogP contribution in [0.4, 0.5) is 13.2 Å². The normalized spacial score (nSPS) is 11.6.